The number of aliphatic carboxylic acids is 1. The lowest BCUT2D eigenvalue weighted by Crippen LogP contribution is -2.50. The van der Waals surface area contributed by atoms with Crippen LogP contribution in [-0.2, 0) is 4.79 Å². The van der Waals surface area contributed by atoms with Gasteiger partial charge in [0.1, 0.15) is 5.82 Å². The van der Waals surface area contributed by atoms with Crippen LogP contribution < -0.4 is 5.32 Å². The van der Waals surface area contributed by atoms with E-state index in [-0.39, 0.29) is 0 Å². The second-order valence-electron chi connectivity index (χ2n) is 5.61. The molecule has 2 N–H and O–H groups in total. The van der Waals surface area contributed by atoms with Crippen molar-refractivity contribution < 1.29 is 9.90 Å². The molecular weight excluding hydrogens is 230 g/mol. The summed E-state index contributed by atoms with van der Waals surface area (Å²) < 4.78 is 0. The number of hydrogen-bond donors (Lipinski definition) is 2. The van der Waals surface area contributed by atoms with Crippen LogP contribution in [0.2, 0.25) is 0 Å². The number of aryl methyl sites for hydroxylation is 2. The van der Waals surface area contributed by atoms with Gasteiger partial charge >= 0.3 is 5.97 Å². The summed E-state index contributed by atoms with van der Waals surface area (Å²) in [5.74, 6) is -0.255. The molecule has 0 aromatic carbocycles. The smallest absolute Gasteiger partial charge is 0.311 e. The van der Waals surface area contributed by atoms with Crippen molar-refractivity contribution in [1.29, 1.82) is 0 Å². The third-order valence-corrected chi connectivity index (χ3v) is 3.73. The van der Waals surface area contributed by atoms with E-state index in [1.54, 1.807) is 20.0 Å². The maximum atomic E-state index is 11.3. The maximum Gasteiger partial charge on any atom is 0.311 e. The van der Waals surface area contributed by atoms with Gasteiger partial charge in [0, 0.05) is 5.54 Å². The Morgan fingerprint density at radius 3 is 2.22 bits per heavy atom. The first-order valence-corrected chi connectivity index (χ1v) is 5.90. The minimum Gasteiger partial charge on any atom is -0.481 e. The Labute approximate surface area is 108 Å². The van der Waals surface area contributed by atoms with E-state index in [9.17, 15) is 9.90 Å². The van der Waals surface area contributed by atoms with E-state index >= 15 is 0 Å². The molecule has 100 valence electrons. The normalized spacial score (nSPS) is 12.3. The Morgan fingerprint density at radius 1 is 1.22 bits per heavy atom. The molecule has 0 unspecified atom stereocenters. The fourth-order valence-electron chi connectivity index (χ4n) is 1.35. The maximum absolute atomic E-state index is 11.3. The SMILES string of the molecule is Cc1ncc(NC(C)(C)C(C)(C)C(=O)O)nc1C. The van der Waals surface area contributed by atoms with Crippen LogP contribution in [0.25, 0.3) is 0 Å². The van der Waals surface area contributed by atoms with Crippen LogP contribution in [0.4, 0.5) is 5.82 Å². The molecule has 0 aliphatic rings. The van der Waals surface area contributed by atoms with Gasteiger partial charge in [0.05, 0.1) is 23.0 Å². The molecule has 1 aromatic heterocycles. The standard InChI is InChI=1S/C13H21N3O2/c1-8-9(2)15-10(7-14-8)16-13(5,6)12(3,4)11(17)18/h7H,1-6H3,(H,15,16)(H,17,18). The summed E-state index contributed by atoms with van der Waals surface area (Å²) in [5, 5.41) is 12.4. The molecule has 5 nitrogen and oxygen atoms in total. The molecule has 1 aromatic rings. The van der Waals surface area contributed by atoms with Crippen LogP contribution in [0, 0.1) is 19.3 Å². The lowest BCUT2D eigenvalue weighted by Gasteiger charge is -2.39. The van der Waals surface area contributed by atoms with Crippen molar-refractivity contribution in [2.24, 2.45) is 5.41 Å². The van der Waals surface area contributed by atoms with E-state index < -0.39 is 16.9 Å². The number of hydrogen-bond acceptors (Lipinski definition) is 4. The van der Waals surface area contributed by atoms with Crippen LogP contribution in [0.15, 0.2) is 6.20 Å². The van der Waals surface area contributed by atoms with Gasteiger partial charge in [0.25, 0.3) is 0 Å². The van der Waals surface area contributed by atoms with E-state index in [0.29, 0.717) is 5.82 Å². The van der Waals surface area contributed by atoms with Gasteiger partial charge in [-0.3, -0.25) is 9.78 Å². The minimum atomic E-state index is -0.923. The summed E-state index contributed by atoms with van der Waals surface area (Å²) in [4.78, 5) is 19.9. The number of rotatable bonds is 4. The lowest BCUT2D eigenvalue weighted by atomic mass is 9.74. The quantitative estimate of drug-likeness (QED) is 0.859. The molecule has 0 fully saturated rings. The van der Waals surface area contributed by atoms with Gasteiger partial charge in [-0.05, 0) is 41.5 Å². The van der Waals surface area contributed by atoms with Crippen molar-refractivity contribution in [3.63, 3.8) is 0 Å². The van der Waals surface area contributed by atoms with Crippen LogP contribution in [-0.4, -0.2) is 26.6 Å². The molecule has 0 saturated carbocycles. The molecule has 0 radical (unpaired) electrons. The fraction of sp³-hybridized carbons (Fsp3) is 0.615. The van der Waals surface area contributed by atoms with Gasteiger partial charge in [-0.25, -0.2) is 4.98 Å². The van der Waals surface area contributed by atoms with Crippen LogP contribution in [0.5, 0.6) is 0 Å². The zero-order valence-corrected chi connectivity index (χ0v) is 11.8. The zero-order chi connectivity index (χ0) is 14.1. The largest absolute Gasteiger partial charge is 0.481 e. The molecule has 0 aliphatic carbocycles. The summed E-state index contributed by atoms with van der Waals surface area (Å²) in [6.45, 7) is 10.8. The summed E-state index contributed by atoms with van der Waals surface area (Å²) >= 11 is 0. The molecule has 1 rings (SSSR count). The zero-order valence-electron chi connectivity index (χ0n) is 11.8. The van der Waals surface area contributed by atoms with Gasteiger partial charge in [0.15, 0.2) is 0 Å². The van der Waals surface area contributed by atoms with Crippen molar-refractivity contribution in [1.82, 2.24) is 9.97 Å². The van der Waals surface area contributed by atoms with E-state index in [0.717, 1.165) is 11.4 Å². The van der Waals surface area contributed by atoms with Gasteiger partial charge in [-0.2, -0.15) is 0 Å². The number of carboxylic acid groups (broad SMARTS) is 1. The van der Waals surface area contributed by atoms with Crippen molar-refractivity contribution in [3.05, 3.63) is 17.6 Å². The molecule has 0 aliphatic heterocycles. The number of nitrogens with one attached hydrogen (secondary N) is 1. The topological polar surface area (TPSA) is 75.1 Å². The molecule has 1 heterocycles. The lowest BCUT2D eigenvalue weighted by molar-refractivity contribution is -0.149. The Morgan fingerprint density at radius 2 is 1.78 bits per heavy atom. The van der Waals surface area contributed by atoms with Gasteiger partial charge in [-0.1, -0.05) is 0 Å². The second kappa shape index (κ2) is 4.55. The highest BCUT2D eigenvalue weighted by Gasteiger charge is 2.43. The molecular formula is C13H21N3O2. The van der Waals surface area contributed by atoms with E-state index in [1.807, 2.05) is 27.7 Å². The summed E-state index contributed by atoms with van der Waals surface area (Å²) in [7, 11) is 0. The average molecular weight is 251 g/mol. The predicted molar refractivity (Wildman–Crippen MR) is 70.6 cm³/mol. The third kappa shape index (κ3) is 2.60. The number of carbonyl (C=O) groups is 1. The average Bonchev–Trinajstić information content (AvgIpc) is 2.22. The monoisotopic (exact) mass is 251 g/mol. The summed E-state index contributed by atoms with van der Waals surface area (Å²) in [6.07, 6.45) is 1.63. The summed E-state index contributed by atoms with van der Waals surface area (Å²) in [5.41, 5.74) is 0.141. The van der Waals surface area contributed by atoms with Crippen molar-refractivity contribution in [2.75, 3.05) is 5.32 Å². The van der Waals surface area contributed by atoms with Crippen LogP contribution in [0.3, 0.4) is 0 Å². The fourth-order valence-corrected chi connectivity index (χ4v) is 1.35. The van der Waals surface area contributed by atoms with Crippen molar-refractivity contribution >= 4 is 11.8 Å². The first-order chi connectivity index (χ1) is 8.08. The molecule has 18 heavy (non-hydrogen) atoms. The van der Waals surface area contributed by atoms with E-state index in [4.69, 9.17) is 0 Å². The molecule has 0 atom stereocenters. The Bertz CT molecular complexity index is 467. The van der Waals surface area contributed by atoms with Crippen molar-refractivity contribution in [3.8, 4) is 0 Å². The van der Waals surface area contributed by atoms with Gasteiger partial charge < -0.3 is 10.4 Å². The molecule has 0 spiro atoms. The van der Waals surface area contributed by atoms with E-state index in [2.05, 4.69) is 15.3 Å². The Balaban J connectivity index is 3.02. The number of anilines is 1. The van der Waals surface area contributed by atoms with Gasteiger partial charge in [-0.15, -0.1) is 0 Å². The number of carboxylic acids is 1. The first kappa shape index (κ1) is 14.4. The molecule has 0 amide bonds. The Kier molecular flexibility index (Phi) is 3.64. The molecule has 5 heteroatoms. The van der Waals surface area contributed by atoms with Crippen LogP contribution >= 0.6 is 0 Å². The third-order valence-electron chi connectivity index (χ3n) is 3.73. The van der Waals surface area contributed by atoms with Crippen molar-refractivity contribution in [2.45, 2.75) is 47.1 Å². The first-order valence-electron chi connectivity index (χ1n) is 5.90. The highest BCUT2D eigenvalue weighted by atomic mass is 16.4. The number of aromatic nitrogens is 2. The van der Waals surface area contributed by atoms with Gasteiger partial charge in [0.2, 0.25) is 0 Å². The second-order valence-corrected chi connectivity index (χ2v) is 5.61. The molecule has 0 bridgehead atoms. The van der Waals surface area contributed by atoms with E-state index in [1.165, 1.54) is 0 Å². The minimum absolute atomic E-state index is 0.595. The predicted octanol–water partition coefficient (Wildman–Crippen LogP) is 2.39. The summed E-state index contributed by atoms with van der Waals surface area (Å²) in [6, 6.07) is 0. The highest BCUT2D eigenvalue weighted by molar-refractivity contribution is 5.76. The Hall–Kier alpha value is -1.65. The highest BCUT2D eigenvalue weighted by Crippen LogP contribution is 2.33. The van der Waals surface area contributed by atoms with Crippen LogP contribution in [0.1, 0.15) is 39.1 Å². The number of nitrogens with zero attached hydrogens (tertiary/aromatic N) is 2. The molecule has 0 saturated heterocycles.